The second kappa shape index (κ2) is 4.93. The molecule has 0 fully saturated rings. The van der Waals surface area contributed by atoms with Crippen molar-refractivity contribution >= 4 is 11.6 Å². The summed E-state index contributed by atoms with van der Waals surface area (Å²) < 4.78 is 11.1. The summed E-state index contributed by atoms with van der Waals surface area (Å²) in [6, 6.07) is 2.02. The molecule has 16 heavy (non-hydrogen) atoms. The average molecular weight is 242 g/mol. The van der Waals surface area contributed by atoms with Crippen molar-refractivity contribution in [1.29, 1.82) is 0 Å². The quantitative estimate of drug-likeness (QED) is 0.883. The number of fused-ring (bicyclic) bond motifs is 1. The van der Waals surface area contributed by atoms with Gasteiger partial charge in [0.1, 0.15) is 13.2 Å². The maximum absolute atomic E-state index is 6.26. The van der Waals surface area contributed by atoms with E-state index in [0.29, 0.717) is 30.5 Å². The number of rotatable bonds is 3. The smallest absolute Gasteiger partial charge is 0.180 e. The van der Waals surface area contributed by atoms with Gasteiger partial charge in [0.05, 0.1) is 5.02 Å². The number of ether oxygens (including phenoxy) is 2. The Morgan fingerprint density at radius 2 is 2.12 bits per heavy atom. The van der Waals surface area contributed by atoms with Crippen molar-refractivity contribution in [3.05, 3.63) is 22.2 Å². The van der Waals surface area contributed by atoms with Crippen LogP contribution in [0.5, 0.6) is 11.5 Å². The molecule has 0 radical (unpaired) electrons. The number of hydrogen-bond acceptors (Lipinski definition) is 3. The van der Waals surface area contributed by atoms with E-state index in [2.05, 4.69) is 0 Å². The third-order valence-corrected chi connectivity index (χ3v) is 3.23. The minimum absolute atomic E-state index is 0.564. The van der Waals surface area contributed by atoms with Gasteiger partial charge >= 0.3 is 0 Å². The lowest BCUT2D eigenvalue weighted by atomic mass is 10.0. The van der Waals surface area contributed by atoms with Crippen LogP contribution in [-0.4, -0.2) is 19.8 Å². The molecular weight excluding hydrogens is 226 g/mol. The Kier molecular flexibility index (Phi) is 3.56. The molecule has 4 heteroatoms. The van der Waals surface area contributed by atoms with Gasteiger partial charge in [-0.3, -0.25) is 0 Å². The molecule has 0 aliphatic carbocycles. The lowest BCUT2D eigenvalue weighted by Gasteiger charge is -2.22. The fourth-order valence-corrected chi connectivity index (χ4v) is 2.11. The van der Waals surface area contributed by atoms with E-state index >= 15 is 0 Å². The van der Waals surface area contributed by atoms with Crippen molar-refractivity contribution in [2.24, 2.45) is 5.73 Å². The highest BCUT2D eigenvalue weighted by molar-refractivity contribution is 6.33. The Morgan fingerprint density at radius 1 is 1.38 bits per heavy atom. The van der Waals surface area contributed by atoms with Crippen LogP contribution in [0.3, 0.4) is 0 Å². The number of halogens is 1. The Bertz CT molecular complexity index is 393. The molecule has 1 aliphatic rings. The van der Waals surface area contributed by atoms with Gasteiger partial charge in [-0.2, -0.15) is 0 Å². The van der Waals surface area contributed by atoms with Gasteiger partial charge < -0.3 is 15.2 Å². The zero-order valence-corrected chi connectivity index (χ0v) is 10.1. The molecule has 1 heterocycles. The molecular formula is C12H16ClNO2. The second-order valence-electron chi connectivity index (χ2n) is 3.89. The fourth-order valence-electron chi connectivity index (χ4n) is 1.84. The van der Waals surface area contributed by atoms with Crippen molar-refractivity contribution < 1.29 is 9.47 Å². The highest BCUT2D eigenvalue weighted by atomic mass is 35.5. The number of nitrogens with two attached hydrogens (primary N) is 1. The van der Waals surface area contributed by atoms with E-state index in [9.17, 15) is 0 Å². The lowest BCUT2D eigenvalue weighted by molar-refractivity contribution is 0.171. The molecule has 2 rings (SSSR count). The minimum Gasteiger partial charge on any atom is -0.486 e. The lowest BCUT2D eigenvalue weighted by Crippen LogP contribution is -2.16. The molecule has 3 nitrogen and oxygen atoms in total. The topological polar surface area (TPSA) is 44.5 Å². The third kappa shape index (κ3) is 2.11. The molecule has 0 amide bonds. The molecule has 0 atom stereocenters. The first-order chi connectivity index (χ1) is 7.74. The van der Waals surface area contributed by atoms with E-state index < -0.39 is 0 Å². The van der Waals surface area contributed by atoms with E-state index in [-0.39, 0.29) is 0 Å². The number of benzene rings is 1. The summed E-state index contributed by atoms with van der Waals surface area (Å²) in [5, 5.41) is 0.671. The van der Waals surface area contributed by atoms with Gasteiger partial charge in [-0.15, -0.1) is 0 Å². The van der Waals surface area contributed by atoms with Crippen LogP contribution in [0.1, 0.15) is 17.5 Å². The molecule has 0 unspecified atom stereocenters. The number of hydrogen-bond donors (Lipinski definition) is 1. The van der Waals surface area contributed by atoms with E-state index in [1.807, 2.05) is 13.0 Å². The molecule has 1 aromatic rings. The van der Waals surface area contributed by atoms with E-state index in [0.717, 1.165) is 24.2 Å². The van der Waals surface area contributed by atoms with Crippen LogP contribution in [0, 0.1) is 6.92 Å². The largest absolute Gasteiger partial charge is 0.486 e. The monoisotopic (exact) mass is 241 g/mol. The molecule has 1 aliphatic heterocycles. The van der Waals surface area contributed by atoms with Gasteiger partial charge in [-0.25, -0.2) is 0 Å². The van der Waals surface area contributed by atoms with Gasteiger partial charge in [0, 0.05) is 0 Å². The zero-order chi connectivity index (χ0) is 11.5. The van der Waals surface area contributed by atoms with Crippen LogP contribution in [0.2, 0.25) is 5.02 Å². The highest BCUT2D eigenvalue weighted by Crippen LogP contribution is 2.41. The van der Waals surface area contributed by atoms with Gasteiger partial charge in [-0.05, 0) is 43.5 Å². The Labute approximate surface area is 100 Å². The molecule has 0 saturated carbocycles. The Hall–Kier alpha value is -0.930. The standard InChI is InChI=1S/C12H16ClNO2/c1-8-9(3-2-4-14)7-10-12(11(8)13)16-6-5-15-10/h7H,2-6,14H2,1H3. The molecule has 1 aromatic carbocycles. The average Bonchev–Trinajstić information content (AvgIpc) is 2.32. The van der Waals surface area contributed by atoms with Crippen LogP contribution >= 0.6 is 11.6 Å². The summed E-state index contributed by atoms with van der Waals surface area (Å²) in [6.45, 7) is 3.84. The zero-order valence-electron chi connectivity index (χ0n) is 9.38. The van der Waals surface area contributed by atoms with Crippen molar-refractivity contribution in [2.45, 2.75) is 19.8 Å². The molecule has 0 aromatic heterocycles. The van der Waals surface area contributed by atoms with Crippen molar-refractivity contribution in [3.63, 3.8) is 0 Å². The highest BCUT2D eigenvalue weighted by Gasteiger charge is 2.19. The van der Waals surface area contributed by atoms with Crippen LogP contribution in [-0.2, 0) is 6.42 Å². The van der Waals surface area contributed by atoms with E-state index in [1.165, 1.54) is 5.56 Å². The Balaban J connectivity index is 2.36. The number of aryl methyl sites for hydroxylation is 1. The summed E-state index contributed by atoms with van der Waals surface area (Å²) in [5.41, 5.74) is 7.78. The maximum atomic E-state index is 6.26. The predicted octanol–water partition coefficient (Wildman–Crippen LogP) is 2.31. The summed E-state index contributed by atoms with van der Waals surface area (Å²) >= 11 is 6.26. The van der Waals surface area contributed by atoms with Gasteiger partial charge in [0.25, 0.3) is 0 Å². The van der Waals surface area contributed by atoms with E-state index in [4.69, 9.17) is 26.8 Å². The predicted molar refractivity (Wildman–Crippen MR) is 64.6 cm³/mol. The fraction of sp³-hybridized carbons (Fsp3) is 0.500. The molecule has 0 bridgehead atoms. The first kappa shape index (κ1) is 11.6. The van der Waals surface area contributed by atoms with E-state index in [1.54, 1.807) is 0 Å². The molecule has 0 spiro atoms. The van der Waals surface area contributed by atoms with Gasteiger partial charge in [0.15, 0.2) is 11.5 Å². The minimum atomic E-state index is 0.564. The van der Waals surface area contributed by atoms with Crippen molar-refractivity contribution in [3.8, 4) is 11.5 Å². The van der Waals surface area contributed by atoms with Crippen molar-refractivity contribution in [2.75, 3.05) is 19.8 Å². The van der Waals surface area contributed by atoms with Gasteiger partial charge in [0.2, 0.25) is 0 Å². The Morgan fingerprint density at radius 3 is 2.88 bits per heavy atom. The molecule has 88 valence electrons. The normalized spacial score (nSPS) is 13.9. The first-order valence-electron chi connectivity index (χ1n) is 5.51. The third-order valence-electron chi connectivity index (χ3n) is 2.78. The van der Waals surface area contributed by atoms with Crippen LogP contribution in [0.15, 0.2) is 6.07 Å². The van der Waals surface area contributed by atoms with Crippen LogP contribution in [0.4, 0.5) is 0 Å². The van der Waals surface area contributed by atoms with Gasteiger partial charge in [-0.1, -0.05) is 11.6 Å². The molecule has 0 saturated heterocycles. The second-order valence-corrected chi connectivity index (χ2v) is 4.27. The first-order valence-corrected chi connectivity index (χ1v) is 5.89. The summed E-state index contributed by atoms with van der Waals surface area (Å²) in [6.07, 6.45) is 1.88. The van der Waals surface area contributed by atoms with Crippen molar-refractivity contribution in [1.82, 2.24) is 0 Å². The summed E-state index contributed by atoms with van der Waals surface area (Å²) in [4.78, 5) is 0. The molecule has 2 N–H and O–H groups in total. The SMILES string of the molecule is Cc1c(CCCN)cc2c(c1Cl)OCCO2. The summed E-state index contributed by atoms with van der Waals surface area (Å²) in [5.74, 6) is 1.44. The maximum Gasteiger partial charge on any atom is 0.180 e. The van der Waals surface area contributed by atoms with Crippen LogP contribution in [0.25, 0.3) is 0 Å². The van der Waals surface area contributed by atoms with Crippen LogP contribution < -0.4 is 15.2 Å². The summed E-state index contributed by atoms with van der Waals surface area (Å²) in [7, 11) is 0.